The van der Waals surface area contributed by atoms with E-state index in [0.717, 1.165) is 12.8 Å². The quantitative estimate of drug-likeness (QED) is 0.114. The van der Waals surface area contributed by atoms with Crippen molar-refractivity contribution in [2.75, 3.05) is 0 Å². The van der Waals surface area contributed by atoms with Crippen LogP contribution in [-0.2, 0) is 14.3 Å². The number of esters is 1. The smallest absolute Gasteiger partial charge is 0.311 e. The number of unbranched alkanes of at least 4 members (excludes halogenated alkanes) is 12. The number of carbonyl (C=O) groups is 2. The topological polar surface area (TPSA) is 63.6 Å². The molecule has 0 rings (SSSR count). The van der Waals surface area contributed by atoms with Crippen molar-refractivity contribution in [1.82, 2.24) is 0 Å². The summed E-state index contributed by atoms with van der Waals surface area (Å²) in [5.41, 5.74) is 0. The van der Waals surface area contributed by atoms with Crippen LogP contribution in [0.3, 0.4) is 0 Å². The van der Waals surface area contributed by atoms with Gasteiger partial charge in [0.15, 0.2) is 0 Å². The van der Waals surface area contributed by atoms with Crippen LogP contribution in [0.25, 0.3) is 0 Å². The average molecular weight is 381 g/mol. The zero-order valence-corrected chi connectivity index (χ0v) is 17.3. The summed E-state index contributed by atoms with van der Waals surface area (Å²) >= 11 is 0. The van der Waals surface area contributed by atoms with Crippen LogP contribution in [0.4, 0.5) is 0 Å². The SMILES string of the molecule is C=CCC(=CCCCCCCCCCCCCCC)OC(=O)CCC(=O)O. The predicted molar refractivity (Wildman–Crippen MR) is 112 cm³/mol. The highest BCUT2D eigenvalue weighted by molar-refractivity contribution is 5.77. The van der Waals surface area contributed by atoms with E-state index in [1.54, 1.807) is 6.08 Å². The minimum Gasteiger partial charge on any atom is -0.481 e. The Kier molecular flexibility index (Phi) is 18.1. The van der Waals surface area contributed by atoms with Crippen LogP contribution in [0.2, 0.25) is 0 Å². The Morgan fingerprint density at radius 3 is 1.85 bits per heavy atom. The molecule has 156 valence electrons. The van der Waals surface area contributed by atoms with Crippen molar-refractivity contribution >= 4 is 11.9 Å². The Hall–Kier alpha value is -1.58. The molecule has 0 unspecified atom stereocenters. The molecule has 0 aromatic rings. The minimum atomic E-state index is -0.988. The summed E-state index contributed by atoms with van der Waals surface area (Å²) in [7, 11) is 0. The van der Waals surface area contributed by atoms with Crippen LogP contribution in [-0.4, -0.2) is 17.0 Å². The lowest BCUT2D eigenvalue weighted by Gasteiger charge is -2.07. The summed E-state index contributed by atoms with van der Waals surface area (Å²) in [6.07, 6.45) is 20.5. The molecule has 0 radical (unpaired) electrons. The molecule has 0 bridgehead atoms. The van der Waals surface area contributed by atoms with Gasteiger partial charge in [-0.3, -0.25) is 9.59 Å². The maximum absolute atomic E-state index is 11.6. The molecule has 0 fully saturated rings. The molecule has 0 heterocycles. The van der Waals surface area contributed by atoms with Gasteiger partial charge in [-0.1, -0.05) is 83.6 Å². The molecule has 0 spiro atoms. The highest BCUT2D eigenvalue weighted by Gasteiger charge is 2.08. The number of carboxylic acid groups (broad SMARTS) is 1. The molecule has 0 aromatic heterocycles. The lowest BCUT2D eigenvalue weighted by Crippen LogP contribution is -2.07. The van der Waals surface area contributed by atoms with Crippen LogP contribution in [0, 0.1) is 0 Å². The van der Waals surface area contributed by atoms with E-state index >= 15 is 0 Å². The van der Waals surface area contributed by atoms with Gasteiger partial charge in [-0.2, -0.15) is 0 Å². The maximum Gasteiger partial charge on any atom is 0.311 e. The number of hydrogen-bond acceptors (Lipinski definition) is 3. The summed E-state index contributed by atoms with van der Waals surface area (Å²) in [4.78, 5) is 22.1. The van der Waals surface area contributed by atoms with E-state index in [1.165, 1.54) is 70.6 Å². The Morgan fingerprint density at radius 2 is 1.37 bits per heavy atom. The third kappa shape index (κ3) is 19.0. The van der Waals surface area contributed by atoms with Gasteiger partial charge in [0, 0.05) is 6.42 Å². The number of allylic oxidation sites excluding steroid dienone is 2. The zero-order chi connectivity index (χ0) is 20.2. The lowest BCUT2D eigenvalue weighted by molar-refractivity contribution is -0.145. The van der Waals surface area contributed by atoms with E-state index in [-0.39, 0.29) is 12.8 Å². The van der Waals surface area contributed by atoms with Gasteiger partial charge >= 0.3 is 11.9 Å². The fourth-order valence-electron chi connectivity index (χ4n) is 2.96. The maximum atomic E-state index is 11.6. The molecule has 0 aromatic carbocycles. The second kappa shape index (κ2) is 19.2. The third-order valence-corrected chi connectivity index (χ3v) is 4.56. The van der Waals surface area contributed by atoms with Gasteiger partial charge in [0.05, 0.1) is 12.8 Å². The largest absolute Gasteiger partial charge is 0.481 e. The monoisotopic (exact) mass is 380 g/mol. The first-order valence-corrected chi connectivity index (χ1v) is 10.8. The molecule has 0 saturated heterocycles. The molecule has 4 heteroatoms. The number of rotatable bonds is 19. The number of aliphatic carboxylic acids is 1. The van der Waals surface area contributed by atoms with E-state index in [0.29, 0.717) is 12.2 Å². The van der Waals surface area contributed by atoms with Gasteiger partial charge < -0.3 is 9.84 Å². The zero-order valence-electron chi connectivity index (χ0n) is 17.3. The molecular weight excluding hydrogens is 340 g/mol. The Morgan fingerprint density at radius 1 is 0.852 bits per heavy atom. The van der Waals surface area contributed by atoms with Crippen LogP contribution in [0.1, 0.15) is 110 Å². The van der Waals surface area contributed by atoms with Crippen molar-refractivity contribution < 1.29 is 19.4 Å². The van der Waals surface area contributed by atoms with E-state index in [4.69, 9.17) is 9.84 Å². The molecule has 0 saturated carbocycles. The summed E-state index contributed by atoms with van der Waals surface area (Å²) in [5, 5.41) is 8.60. The molecule has 0 amide bonds. The first kappa shape index (κ1) is 25.4. The van der Waals surface area contributed by atoms with Crippen molar-refractivity contribution in [3.05, 3.63) is 24.5 Å². The van der Waals surface area contributed by atoms with Crippen molar-refractivity contribution in [3.63, 3.8) is 0 Å². The number of carboxylic acids is 1. The molecule has 0 aliphatic carbocycles. The van der Waals surface area contributed by atoms with E-state index in [2.05, 4.69) is 13.5 Å². The fourth-order valence-corrected chi connectivity index (χ4v) is 2.96. The Bertz CT molecular complexity index is 426. The van der Waals surface area contributed by atoms with Gasteiger partial charge in [-0.05, 0) is 18.9 Å². The number of carbonyl (C=O) groups excluding carboxylic acids is 1. The summed E-state index contributed by atoms with van der Waals surface area (Å²) in [6, 6.07) is 0. The summed E-state index contributed by atoms with van der Waals surface area (Å²) in [6.45, 7) is 5.92. The van der Waals surface area contributed by atoms with Crippen molar-refractivity contribution in [2.45, 2.75) is 110 Å². The van der Waals surface area contributed by atoms with Crippen LogP contribution < -0.4 is 0 Å². The normalized spacial score (nSPS) is 11.4. The standard InChI is InChI=1S/C23H40O4/c1-3-5-6-7-8-9-10-11-12-13-14-15-16-18-21(17-4-2)27-23(26)20-19-22(24)25/h4,18H,2-3,5-17,19-20H2,1H3,(H,24,25). The second-order valence-corrected chi connectivity index (χ2v) is 7.21. The Labute approximate surface area is 166 Å². The van der Waals surface area contributed by atoms with Crippen LogP contribution in [0.5, 0.6) is 0 Å². The highest BCUT2D eigenvalue weighted by Crippen LogP contribution is 2.14. The van der Waals surface area contributed by atoms with Crippen molar-refractivity contribution in [2.24, 2.45) is 0 Å². The second-order valence-electron chi connectivity index (χ2n) is 7.21. The fraction of sp³-hybridized carbons (Fsp3) is 0.739. The molecule has 0 aliphatic heterocycles. The van der Waals surface area contributed by atoms with Gasteiger partial charge in [-0.25, -0.2) is 0 Å². The number of ether oxygens (including phenoxy) is 1. The highest BCUT2D eigenvalue weighted by atomic mass is 16.5. The molecule has 0 aliphatic rings. The minimum absolute atomic E-state index is 0.0948. The van der Waals surface area contributed by atoms with Crippen molar-refractivity contribution in [1.29, 1.82) is 0 Å². The van der Waals surface area contributed by atoms with Gasteiger partial charge in [-0.15, -0.1) is 6.58 Å². The van der Waals surface area contributed by atoms with Gasteiger partial charge in [0.2, 0.25) is 0 Å². The van der Waals surface area contributed by atoms with E-state index in [9.17, 15) is 9.59 Å². The average Bonchev–Trinajstić information content (AvgIpc) is 2.64. The third-order valence-electron chi connectivity index (χ3n) is 4.56. The first-order chi connectivity index (χ1) is 13.1. The van der Waals surface area contributed by atoms with Crippen LogP contribution >= 0.6 is 0 Å². The molecule has 4 nitrogen and oxygen atoms in total. The molecule has 0 atom stereocenters. The molecular formula is C23H40O4. The molecule has 27 heavy (non-hydrogen) atoms. The van der Waals surface area contributed by atoms with Crippen LogP contribution in [0.15, 0.2) is 24.5 Å². The van der Waals surface area contributed by atoms with E-state index in [1.807, 2.05) is 6.08 Å². The Balaban J connectivity index is 3.67. The summed E-state index contributed by atoms with van der Waals surface area (Å²) in [5.74, 6) is -0.888. The van der Waals surface area contributed by atoms with Gasteiger partial charge in [0.1, 0.15) is 5.76 Å². The predicted octanol–water partition coefficient (Wildman–Crippen LogP) is 6.95. The first-order valence-electron chi connectivity index (χ1n) is 10.8. The lowest BCUT2D eigenvalue weighted by atomic mass is 10.0. The summed E-state index contributed by atoms with van der Waals surface area (Å²) < 4.78 is 5.24. The molecule has 1 N–H and O–H groups in total. The van der Waals surface area contributed by atoms with Crippen molar-refractivity contribution in [3.8, 4) is 0 Å². The van der Waals surface area contributed by atoms with E-state index < -0.39 is 11.9 Å². The number of hydrogen-bond donors (Lipinski definition) is 1. The van der Waals surface area contributed by atoms with Gasteiger partial charge in [0.25, 0.3) is 0 Å².